The largest absolute Gasteiger partial charge is 0.416 e. The van der Waals surface area contributed by atoms with Crippen LogP contribution in [0.1, 0.15) is 50.2 Å². The van der Waals surface area contributed by atoms with Crippen molar-refractivity contribution < 1.29 is 22.6 Å². The van der Waals surface area contributed by atoms with Gasteiger partial charge in [-0.05, 0) is 44.2 Å². The lowest BCUT2D eigenvalue weighted by Crippen LogP contribution is -2.42. The van der Waals surface area contributed by atoms with Crippen LogP contribution in [-0.2, 0) is 21.1 Å². The molecule has 170 valence electrons. The number of unbranched alkanes of at least 4 members (excludes halogenated alkanes) is 1. The van der Waals surface area contributed by atoms with Crippen LogP contribution in [0.2, 0.25) is 0 Å². The topological polar surface area (TPSA) is 54.9 Å². The average Bonchev–Trinajstić information content (AvgIpc) is 2.68. The van der Waals surface area contributed by atoms with Crippen LogP contribution >= 0.6 is 0 Å². The van der Waals surface area contributed by atoms with E-state index < -0.39 is 11.7 Å². The minimum absolute atomic E-state index is 0.307. The zero-order valence-corrected chi connectivity index (χ0v) is 18.0. The van der Waals surface area contributed by atoms with Crippen LogP contribution in [0.3, 0.4) is 0 Å². The van der Waals surface area contributed by atoms with E-state index >= 15 is 0 Å². The van der Waals surface area contributed by atoms with Crippen LogP contribution in [0, 0.1) is 0 Å². The number of hydrogen-bond donors (Lipinski definition) is 2. The van der Waals surface area contributed by atoms with Gasteiger partial charge in [-0.2, -0.15) is 13.2 Å². The van der Waals surface area contributed by atoms with E-state index in [9.17, 15) is 13.2 Å². The molecule has 0 saturated heterocycles. The Kier molecular flexibility index (Phi) is 9.91. The molecule has 1 aromatic rings. The first-order valence-electron chi connectivity index (χ1n) is 10.7. The molecular formula is C22H34F3N3O2. The highest BCUT2D eigenvalue weighted by molar-refractivity contribution is 5.79. The van der Waals surface area contributed by atoms with E-state index in [0.29, 0.717) is 32.3 Å². The molecule has 2 rings (SSSR count). The second-order valence-corrected chi connectivity index (χ2v) is 7.65. The first kappa shape index (κ1) is 24.5. The molecule has 8 heteroatoms. The number of halogens is 3. The summed E-state index contributed by atoms with van der Waals surface area (Å²) in [6.07, 6.45) is 0.277. The second-order valence-electron chi connectivity index (χ2n) is 7.65. The number of nitrogens with one attached hydrogen (secondary N) is 2. The molecule has 0 bridgehead atoms. The lowest BCUT2D eigenvalue weighted by atomic mass is 9.64. The van der Waals surface area contributed by atoms with E-state index in [0.717, 1.165) is 56.8 Å². The zero-order chi connectivity index (χ0) is 21.9. The van der Waals surface area contributed by atoms with Crippen molar-refractivity contribution in [3.63, 3.8) is 0 Å². The fourth-order valence-electron chi connectivity index (χ4n) is 3.52. The highest BCUT2D eigenvalue weighted by Crippen LogP contribution is 2.45. The van der Waals surface area contributed by atoms with Gasteiger partial charge in [-0.3, -0.25) is 4.99 Å². The smallest absolute Gasteiger partial charge is 0.382 e. The molecule has 0 unspecified atom stereocenters. The highest BCUT2D eigenvalue weighted by atomic mass is 19.4. The van der Waals surface area contributed by atoms with Gasteiger partial charge in [0.25, 0.3) is 0 Å². The molecule has 5 nitrogen and oxygen atoms in total. The van der Waals surface area contributed by atoms with Crippen molar-refractivity contribution in [2.75, 3.05) is 46.6 Å². The standard InChI is InChI=1S/C22H34F3N3O2/c1-3-26-20(27-12-4-5-13-30-15-14-29-2)28-17-21(10-7-11-21)18-8-6-9-19(16-18)22(23,24)25/h6,8-9,16H,3-5,7,10-15,17H2,1-2H3,(H2,26,27,28). The third kappa shape index (κ3) is 7.47. The van der Waals surface area contributed by atoms with Gasteiger partial charge in [0.2, 0.25) is 0 Å². The molecule has 0 spiro atoms. The van der Waals surface area contributed by atoms with Gasteiger partial charge in [0, 0.05) is 32.2 Å². The molecule has 30 heavy (non-hydrogen) atoms. The molecule has 0 radical (unpaired) electrons. The molecule has 0 aliphatic heterocycles. The molecule has 2 N–H and O–H groups in total. The molecule has 1 aliphatic carbocycles. The van der Waals surface area contributed by atoms with Crippen molar-refractivity contribution >= 4 is 5.96 Å². The SMILES string of the molecule is CCNC(=NCC1(c2cccc(C(F)(F)F)c2)CCC1)NCCCCOCCOC. The van der Waals surface area contributed by atoms with Gasteiger partial charge in [0.15, 0.2) is 5.96 Å². The quantitative estimate of drug-likeness (QED) is 0.298. The number of nitrogens with zero attached hydrogens (tertiary/aromatic N) is 1. The minimum Gasteiger partial charge on any atom is -0.382 e. The third-order valence-electron chi connectivity index (χ3n) is 5.44. The summed E-state index contributed by atoms with van der Waals surface area (Å²) >= 11 is 0. The maximum atomic E-state index is 13.1. The predicted molar refractivity (Wildman–Crippen MR) is 113 cm³/mol. The molecule has 1 fully saturated rings. The van der Waals surface area contributed by atoms with Crippen LogP contribution in [0.5, 0.6) is 0 Å². The Labute approximate surface area is 177 Å². The van der Waals surface area contributed by atoms with Gasteiger partial charge < -0.3 is 20.1 Å². The summed E-state index contributed by atoms with van der Waals surface area (Å²) in [6, 6.07) is 5.72. The zero-order valence-electron chi connectivity index (χ0n) is 18.0. The predicted octanol–water partition coefficient (Wildman–Crippen LogP) is 4.13. The first-order chi connectivity index (χ1) is 14.4. The lowest BCUT2D eigenvalue weighted by molar-refractivity contribution is -0.137. The number of rotatable bonds is 12. The fourth-order valence-corrected chi connectivity index (χ4v) is 3.52. The molecule has 0 atom stereocenters. The summed E-state index contributed by atoms with van der Waals surface area (Å²) in [5.41, 5.74) is -0.164. The normalized spacial score (nSPS) is 16.2. The Morgan fingerprint density at radius 3 is 2.57 bits per heavy atom. The van der Waals surface area contributed by atoms with Crippen molar-refractivity contribution in [2.24, 2.45) is 4.99 Å². The van der Waals surface area contributed by atoms with E-state index in [-0.39, 0.29) is 5.41 Å². The Hall–Kier alpha value is -1.80. The van der Waals surface area contributed by atoms with Crippen molar-refractivity contribution in [1.29, 1.82) is 0 Å². The van der Waals surface area contributed by atoms with Gasteiger partial charge in [-0.1, -0.05) is 24.6 Å². The second kappa shape index (κ2) is 12.2. The molecular weight excluding hydrogens is 395 g/mol. The third-order valence-corrected chi connectivity index (χ3v) is 5.44. The number of methoxy groups -OCH3 is 1. The summed E-state index contributed by atoms with van der Waals surface area (Å²) < 4.78 is 49.7. The van der Waals surface area contributed by atoms with E-state index in [1.54, 1.807) is 13.2 Å². The van der Waals surface area contributed by atoms with Crippen LogP contribution in [-0.4, -0.2) is 52.5 Å². The van der Waals surface area contributed by atoms with Crippen molar-refractivity contribution in [3.05, 3.63) is 35.4 Å². The van der Waals surface area contributed by atoms with E-state index in [1.807, 2.05) is 6.92 Å². The summed E-state index contributed by atoms with van der Waals surface area (Å²) in [4.78, 5) is 4.70. The summed E-state index contributed by atoms with van der Waals surface area (Å²) in [5.74, 6) is 0.705. The first-order valence-corrected chi connectivity index (χ1v) is 10.7. The van der Waals surface area contributed by atoms with Crippen molar-refractivity contribution in [1.82, 2.24) is 10.6 Å². The molecule has 1 aromatic carbocycles. The van der Waals surface area contributed by atoms with E-state index in [4.69, 9.17) is 14.5 Å². The van der Waals surface area contributed by atoms with Crippen molar-refractivity contribution in [3.8, 4) is 0 Å². The number of guanidine groups is 1. The number of benzene rings is 1. The van der Waals surface area contributed by atoms with Gasteiger partial charge >= 0.3 is 6.18 Å². The van der Waals surface area contributed by atoms with E-state index in [1.165, 1.54) is 12.1 Å². The number of alkyl halides is 3. The Morgan fingerprint density at radius 2 is 1.93 bits per heavy atom. The summed E-state index contributed by atoms with van der Waals surface area (Å²) in [6.45, 7) is 5.85. The van der Waals surface area contributed by atoms with Crippen LogP contribution in [0.15, 0.2) is 29.3 Å². The summed E-state index contributed by atoms with van der Waals surface area (Å²) in [7, 11) is 1.65. The molecule has 1 saturated carbocycles. The van der Waals surface area contributed by atoms with Gasteiger partial charge in [-0.25, -0.2) is 0 Å². The maximum absolute atomic E-state index is 13.1. The molecule has 0 amide bonds. The number of ether oxygens (including phenoxy) is 2. The van der Waals surface area contributed by atoms with Gasteiger partial charge in [-0.15, -0.1) is 0 Å². The molecule has 0 heterocycles. The average molecular weight is 430 g/mol. The number of aliphatic imine (C=N–C) groups is 1. The monoisotopic (exact) mass is 429 g/mol. The van der Waals surface area contributed by atoms with Crippen LogP contribution < -0.4 is 10.6 Å². The van der Waals surface area contributed by atoms with Crippen LogP contribution in [0.25, 0.3) is 0 Å². The Morgan fingerprint density at radius 1 is 1.13 bits per heavy atom. The number of hydrogen-bond acceptors (Lipinski definition) is 3. The highest BCUT2D eigenvalue weighted by Gasteiger charge is 2.40. The maximum Gasteiger partial charge on any atom is 0.416 e. The van der Waals surface area contributed by atoms with Crippen LogP contribution in [0.4, 0.5) is 13.2 Å². The molecule has 1 aliphatic rings. The van der Waals surface area contributed by atoms with Gasteiger partial charge in [0.1, 0.15) is 0 Å². The fraction of sp³-hybridized carbons (Fsp3) is 0.682. The van der Waals surface area contributed by atoms with E-state index in [2.05, 4.69) is 10.6 Å². The Bertz CT molecular complexity index is 661. The molecule has 0 aromatic heterocycles. The lowest BCUT2D eigenvalue weighted by Gasteiger charge is -2.41. The van der Waals surface area contributed by atoms with Crippen molar-refractivity contribution in [2.45, 2.75) is 50.6 Å². The van der Waals surface area contributed by atoms with Gasteiger partial charge in [0.05, 0.1) is 25.3 Å². The minimum atomic E-state index is -4.33. The summed E-state index contributed by atoms with van der Waals surface area (Å²) in [5, 5.41) is 6.53. The Balaban J connectivity index is 1.90.